The second kappa shape index (κ2) is 7.72. The highest BCUT2D eigenvalue weighted by Crippen LogP contribution is 2.34. The number of carbonyl (C=O) groups is 1. The number of aromatic nitrogens is 2. The first-order valence-corrected chi connectivity index (χ1v) is 9.40. The van der Waals surface area contributed by atoms with E-state index < -0.39 is 6.03 Å². The molecule has 1 aromatic heterocycles. The summed E-state index contributed by atoms with van der Waals surface area (Å²) in [5, 5.41) is 14.7. The predicted molar refractivity (Wildman–Crippen MR) is 116 cm³/mol. The van der Waals surface area contributed by atoms with E-state index in [-0.39, 0.29) is 0 Å². The minimum atomic E-state index is -0.469. The summed E-state index contributed by atoms with van der Waals surface area (Å²) in [6.07, 6.45) is 0. The average Bonchev–Trinajstić information content (AvgIpc) is 3.02. The lowest BCUT2D eigenvalue weighted by Crippen LogP contribution is -2.19. The topological polar surface area (TPSA) is 69.8 Å². The van der Waals surface area contributed by atoms with Crippen LogP contribution in [0.1, 0.15) is 0 Å². The van der Waals surface area contributed by atoms with Gasteiger partial charge >= 0.3 is 6.03 Å². The van der Waals surface area contributed by atoms with Crippen LogP contribution >= 0.6 is 34.8 Å². The Morgan fingerprint density at radius 3 is 2.32 bits per heavy atom. The zero-order valence-corrected chi connectivity index (χ0v) is 16.5. The van der Waals surface area contributed by atoms with E-state index >= 15 is 0 Å². The van der Waals surface area contributed by atoms with Crippen molar-refractivity contribution >= 4 is 63.2 Å². The predicted octanol–water partition coefficient (Wildman–Crippen LogP) is 6.83. The summed E-state index contributed by atoms with van der Waals surface area (Å²) < 4.78 is 0. The number of halogens is 3. The van der Waals surface area contributed by atoms with Gasteiger partial charge in [-0.1, -0.05) is 65.1 Å². The van der Waals surface area contributed by atoms with Crippen molar-refractivity contribution in [3.8, 4) is 11.1 Å². The van der Waals surface area contributed by atoms with Gasteiger partial charge in [0, 0.05) is 26.7 Å². The third-order valence-electron chi connectivity index (χ3n) is 4.09. The summed E-state index contributed by atoms with van der Waals surface area (Å²) in [5.41, 5.74) is 3.01. The average molecular weight is 432 g/mol. The molecule has 5 nitrogen and oxygen atoms in total. The second-order valence-electron chi connectivity index (χ2n) is 6.05. The number of aromatic amines is 1. The van der Waals surface area contributed by atoms with Crippen LogP contribution in [-0.2, 0) is 0 Å². The number of benzene rings is 3. The van der Waals surface area contributed by atoms with E-state index in [0.717, 1.165) is 16.5 Å². The maximum Gasteiger partial charge on any atom is 0.324 e. The lowest BCUT2D eigenvalue weighted by Gasteiger charge is -2.08. The molecule has 140 valence electrons. The molecule has 0 aliphatic heterocycles. The van der Waals surface area contributed by atoms with Crippen molar-refractivity contribution in [2.45, 2.75) is 0 Å². The van der Waals surface area contributed by atoms with E-state index in [1.807, 2.05) is 36.4 Å². The van der Waals surface area contributed by atoms with Gasteiger partial charge in [-0.15, -0.1) is 0 Å². The molecular weight excluding hydrogens is 419 g/mol. The molecule has 0 unspecified atom stereocenters. The number of fused-ring (bicyclic) bond motifs is 1. The molecule has 0 aliphatic rings. The third kappa shape index (κ3) is 3.92. The molecule has 0 bridgehead atoms. The molecule has 0 spiro atoms. The van der Waals surface area contributed by atoms with Gasteiger partial charge < -0.3 is 5.32 Å². The number of hydrogen-bond acceptors (Lipinski definition) is 2. The number of hydrogen-bond donors (Lipinski definition) is 3. The molecular formula is C20H13Cl3N4O. The monoisotopic (exact) mass is 430 g/mol. The summed E-state index contributed by atoms with van der Waals surface area (Å²) >= 11 is 18.3. The van der Waals surface area contributed by atoms with Crippen LogP contribution in [0.4, 0.5) is 16.3 Å². The highest BCUT2D eigenvalue weighted by molar-refractivity contribution is 6.35. The van der Waals surface area contributed by atoms with Gasteiger partial charge in [-0.05, 0) is 35.9 Å². The van der Waals surface area contributed by atoms with Crippen molar-refractivity contribution in [2.75, 3.05) is 10.6 Å². The summed E-state index contributed by atoms with van der Waals surface area (Å²) in [5.74, 6) is 0.384. The molecule has 0 fully saturated rings. The minimum absolute atomic E-state index is 0.384. The molecule has 1 heterocycles. The Balaban J connectivity index is 1.63. The number of amides is 2. The van der Waals surface area contributed by atoms with E-state index in [1.165, 1.54) is 0 Å². The Bertz CT molecular complexity index is 1150. The Kier molecular flexibility index (Phi) is 5.13. The number of urea groups is 1. The molecule has 28 heavy (non-hydrogen) atoms. The van der Waals surface area contributed by atoms with Crippen LogP contribution in [0, 0.1) is 0 Å². The lowest BCUT2D eigenvalue weighted by atomic mass is 10.0. The van der Waals surface area contributed by atoms with Crippen LogP contribution in [-0.4, -0.2) is 16.2 Å². The van der Waals surface area contributed by atoms with Crippen LogP contribution in [0.5, 0.6) is 0 Å². The van der Waals surface area contributed by atoms with Gasteiger partial charge in [-0.3, -0.25) is 10.4 Å². The third-order valence-corrected chi connectivity index (χ3v) is 4.84. The smallest absolute Gasteiger partial charge is 0.308 e. The van der Waals surface area contributed by atoms with Crippen molar-refractivity contribution in [1.82, 2.24) is 10.2 Å². The Morgan fingerprint density at radius 1 is 0.893 bits per heavy atom. The molecule has 4 aromatic rings. The fraction of sp³-hybridized carbons (Fsp3) is 0. The summed E-state index contributed by atoms with van der Waals surface area (Å²) in [6, 6.07) is 17.7. The van der Waals surface area contributed by atoms with Gasteiger partial charge in [-0.2, -0.15) is 5.10 Å². The minimum Gasteiger partial charge on any atom is -0.308 e. The Morgan fingerprint density at radius 2 is 1.61 bits per heavy atom. The SMILES string of the molecule is O=C(Nc1cc(Cl)cc(Cl)c1)Nc1n[nH]c2cc(Cl)c(-c3ccccc3)cc12. The van der Waals surface area contributed by atoms with Crippen LogP contribution < -0.4 is 10.6 Å². The Hall–Kier alpha value is -2.73. The van der Waals surface area contributed by atoms with Crippen molar-refractivity contribution in [3.63, 3.8) is 0 Å². The molecule has 0 aliphatic carbocycles. The molecule has 3 aromatic carbocycles. The van der Waals surface area contributed by atoms with Crippen molar-refractivity contribution in [3.05, 3.63) is 75.7 Å². The fourth-order valence-electron chi connectivity index (χ4n) is 2.87. The van der Waals surface area contributed by atoms with Gasteiger partial charge in [0.25, 0.3) is 0 Å². The molecule has 2 amide bonds. The fourth-order valence-corrected chi connectivity index (χ4v) is 3.67. The van der Waals surface area contributed by atoms with E-state index in [9.17, 15) is 4.79 Å². The summed E-state index contributed by atoms with van der Waals surface area (Å²) in [7, 11) is 0. The van der Waals surface area contributed by atoms with Gasteiger partial charge in [0.2, 0.25) is 0 Å². The zero-order chi connectivity index (χ0) is 19.7. The van der Waals surface area contributed by atoms with E-state index in [0.29, 0.717) is 32.1 Å². The summed E-state index contributed by atoms with van der Waals surface area (Å²) in [4.78, 5) is 12.4. The first kappa shape index (κ1) is 18.6. The van der Waals surface area contributed by atoms with Gasteiger partial charge in [0.05, 0.1) is 10.5 Å². The zero-order valence-electron chi connectivity index (χ0n) is 14.3. The standard InChI is InChI=1S/C20H13Cl3N4O/c21-12-6-13(22)8-14(7-12)24-20(28)25-19-16-9-15(11-4-2-1-3-5-11)17(23)10-18(16)26-27-19/h1-10H,(H3,24,25,26,27,28). The van der Waals surface area contributed by atoms with Crippen LogP contribution in [0.25, 0.3) is 22.0 Å². The number of H-pyrrole nitrogens is 1. The van der Waals surface area contributed by atoms with Crippen LogP contribution in [0.15, 0.2) is 60.7 Å². The first-order chi connectivity index (χ1) is 13.5. The van der Waals surface area contributed by atoms with Crippen molar-refractivity contribution < 1.29 is 4.79 Å². The van der Waals surface area contributed by atoms with Crippen molar-refractivity contribution in [1.29, 1.82) is 0 Å². The van der Waals surface area contributed by atoms with E-state index in [2.05, 4.69) is 20.8 Å². The molecule has 3 N–H and O–H groups in total. The van der Waals surface area contributed by atoms with Gasteiger partial charge in [0.1, 0.15) is 0 Å². The first-order valence-electron chi connectivity index (χ1n) is 8.27. The molecule has 4 rings (SSSR count). The Labute approximate surface area is 175 Å². The maximum atomic E-state index is 12.4. The van der Waals surface area contributed by atoms with Gasteiger partial charge in [-0.25, -0.2) is 4.79 Å². The number of nitrogens with zero attached hydrogens (tertiary/aromatic N) is 1. The van der Waals surface area contributed by atoms with Crippen LogP contribution in [0.3, 0.4) is 0 Å². The van der Waals surface area contributed by atoms with Gasteiger partial charge in [0.15, 0.2) is 5.82 Å². The number of carbonyl (C=O) groups excluding carboxylic acids is 1. The quantitative estimate of drug-likeness (QED) is 0.332. The number of nitrogens with one attached hydrogen (secondary N) is 3. The van der Waals surface area contributed by atoms with Crippen LogP contribution in [0.2, 0.25) is 15.1 Å². The molecule has 0 saturated heterocycles. The molecule has 0 saturated carbocycles. The van der Waals surface area contributed by atoms with E-state index in [4.69, 9.17) is 34.8 Å². The maximum absolute atomic E-state index is 12.4. The normalized spacial score (nSPS) is 10.8. The molecule has 0 atom stereocenters. The van der Waals surface area contributed by atoms with Crippen molar-refractivity contribution in [2.24, 2.45) is 0 Å². The van der Waals surface area contributed by atoms with E-state index in [1.54, 1.807) is 24.3 Å². The lowest BCUT2D eigenvalue weighted by molar-refractivity contribution is 0.262. The molecule has 8 heteroatoms. The second-order valence-corrected chi connectivity index (χ2v) is 7.33. The highest BCUT2D eigenvalue weighted by atomic mass is 35.5. The largest absolute Gasteiger partial charge is 0.324 e. The number of rotatable bonds is 3. The summed E-state index contributed by atoms with van der Waals surface area (Å²) in [6.45, 7) is 0. The molecule has 0 radical (unpaired) electrons. The highest BCUT2D eigenvalue weighted by Gasteiger charge is 2.14. The number of anilines is 2.